The van der Waals surface area contributed by atoms with Crippen LogP contribution in [0.4, 0.5) is 0 Å². The van der Waals surface area contributed by atoms with E-state index >= 15 is 0 Å². The highest BCUT2D eigenvalue weighted by Crippen LogP contribution is 1.71. The van der Waals surface area contributed by atoms with Gasteiger partial charge in [-0.15, -0.1) is 0 Å². The van der Waals surface area contributed by atoms with E-state index < -0.39 is 5.91 Å². The zero-order chi connectivity index (χ0) is 6.57. The summed E-state index contributed by atoms with van der Waals surface area (Å²) in [5, 5.41) is 0.840. The van der Waals surface area contributed by atoms with Crippen molar-refractivity contribution in [3.05, 3.63) is 0 Å². The summed E-state index contributed by atoms with van der Waals surface area (Å²) in [6.07, 6.45) is 0.184. The molecule has 0 aromatic carbocycles. The summed E-state index contributed by atoms with van der Waals surface area (Å²) in [5.41, 5.74) is 0. The predicted octanol–water partition coefficient (Wildman–Crippen LogP) is -1.09. The summed E-state index contributed by atoms with van der Waals surface area (Å²) in [6, 6.07) is 0. The third kappa shape index (κ3) is 1.70. The molecule has 0 aromatic rings. The highest BCUT2D eigenvalue weighted by Gasteiger charge is 2.01. The number of hydrogen-bond donors (Lipinski definition) is 1. The summed E-state index contributed by atoms with van der Waals surface area (Å²) in [5.74, 6) is 4.29. The van der Waals surface area contributed by atoms with Crippen molar-refractivity contribution in [2.45, 2.75) is 6.92 Å². The first-order valence-electron chi connectivity index (χ1n) is 2.23. The molecule has 0 aliphatic carbocycles. The number of carbonyl (C=O) groups is 2. The van der Waals surface area contributed by atoms with E-state index in [1.165, 1.54) is 0 Å². The maximum absolute atomic E-state index is 10.2. The van der Waals surface area contributed by atoms with Crippen molar-refractivity contribution in [3.8, 4) is 0 Å². The van der Waals surface area contributed by atoms with Crippen molar-refractivity contribution in [2.24, 2.45) is 5.84 Å². The molecule has 0 atom stereocenters. The molecule has 0 rings (SSSR count). The standard InChI is InChI=1S/C4H8N2O2/c1-2-6(5)4(8)3-7/h3H,2,5H2,1H3. The van der Waals surface area contributed by atoms with Crippen molar-refractivity contribution in [3.63, 3.8) is 0 Å². The van der Waals surface area contributed by atoms with Crippen molar-refractivity contribution in [1.82, 2.24) is 5.01 Å². The summed E-state index contributed by atoms with van der Waals surface area (Å²) in [7, 11) is 0. The van der Waals surface area contributed by atoms with Crippen LogP contribution < -0.4 is 5.84 Å². The van der Waals surface area contributed by atoms with Crippen LogP contribution in [-0.2, 0) is 9.59 Å². The van der Waals surface area contributed by atoms with Gasteiger partial charge in [-0.3, -0.25) is 14.6 Å². The largest absolute Gasteiger partial charge is 0.300 e. The molecule has 0 fully saturated rings. The zero-order valence-electron chi connectivity index (χ0n) is 4.63. The second kappa shape index (κ2) is 3.15. The van der Waals surface area contributed by atoms with Gasteiger partial charge in [0.25, 0.3) is 0 Å². The third-order valence-electron chi connectivity index (χ3n) is 0.725. The Bertz CT molecular complexity index is 102. The van der Waals surface area contributed by atoms with E-state index in [4.69, 9.17) is 5.84 Å². The Hall–Kier alpha value is -0.900. The first kappa shape index (κ1) is 7.10. The number of nitrogens with two attached hydrogens (primary N) is 1. The quantitative estimate of drug-likeness (QED) is 0.164. The van der Waals surface area contributed by atoms with E-state index in [2.05, 4.69) is 0 Å². The van der Waals surface area contributed by atoms with Crippen LogP contribution in [0.25, 0.3) is 0 Å². The zero-order valence-corrected chi connectivity index (χ0v) is 4.63. The van der Waals surface area contributed by atoms with E-state index in [1.807, 2.05) is 0 Å². The lowest BCUT2D eigenvalue weighted by atomic mass is 10.6. The Kier molecular flexibility index (Phi) is 2.79. The van der Waals surface area contributed by atoms with Crippen LogP contribution >= 0.6 is 0 Å². The number of amides is 1. The van der Waals surface area contributed by atoms with Gasteiger partial charge >= 0.3 is 5.91 Å². The SMILES string of the molecule is CCN(N)C(=O)C=O. The fraction of sp³-hybridized carbons (Fsp3) is 0.500. The molecule has 4 nitrogen and oxygen atoms in total. The van der Waals surface area contributed by atoms with Gasteiger partial charge in [0, 0.05) is 6.54 Å². The normalized spacial score (nSPS) is 8.25. The van der Waals surface area contributed by atoms with Crippen molar-refractivity contribution in [1.29, 1.82) is 0 Å². The van der Waals surface area contributed by atoms with E-state index in [-0.39, 0.29) is 6.29 Å². The first-order chi connectivity index (χ1) is 3.72. The van der Waals surface area contributed by atoms with Crippen LogP contribution in [0.3, 0.4) is 0 Å². The topological polar surface area (TPSA) is 63.4 Å². The van der Waals surface area contributed by atoms with Crippen LogP contribution in [0.5, 0.6) is 0 Å². The average molecular weight is 116 g/mol. The molecule has 2 N–H and O–H groups in total. The monoisotopic (exact) mass is 116 g/mol. The van der Waals surface area contributed by atoms with Gasteiger partial charge < -0.3 is 0 Å². The second-order valence-corrected chi connectivity index (χ2v) is 1.24. The van der Waals surface area contributed by atoms with Crippen molar-refractivity contribution < 1.29 is 9.59 Å². The molecule has 0 aliphatic heterocycles. The lowest BCUT2D eigenvalue weighted by Gasteiger charge is -2.07. The lowest BCUT2D eigenvalue weighted by molar-refractivity contribution is -0.138. The molecule has 0 aromatic heterocycles. The number of hydrazine groups is 1. The fourth-order valence-corrected chi connectivity index (χ4v) is 0.224. The number of carbonyl (C=O) groups excluding carboxylic acids is 2. The third-order valence-corrected chi connectivity index (χ3v) is 0.725. The Morgan fingerprint density at radius 2 is 2.38 bits per heavy atom. The maximum Gasteiger partial charge on any atom is 0.300 e. The van der Waals surface area contributed by atoms with Crippen molar-refractivity contribution in [2.75, 3.05) is 6.54 Å². The average Bonchev–Trinajstić information content (AvgIpc) is 1.84. The molecule has 0 heterocycles. The minimum Gasteiger partial charge on any atom is -0.292 e. The summed E-state index contributed by atoms with van der Waals surface area (Å²) < 4.78 is 0. The summed E-state index contributed by atoms with van der Waals surface area (Å²) in [4.78, 5) is 19.8. The molecule has 0 aliphatic rings. The molecule has 0 bridgehead atoms. The smallest absolute Gasteiger partial charge is 0.292 e. The van der Waals surface area contributed by atoms with Gasteiger partial charge in [0.15, 0.2) is 0 Å². The molecule has 8 heavy (non-hydrogen) atoms. The van der Waals surface area contributed by atoms with E-state index in [1.54, 1.807) is 6.92 Å². The van der Waals surface area contributed by atoms with Crippen LogP contribution in [0.15, 0.2) is 0 Å². The van der Waals surface area contributed by atoms with Gasteiger partial charge in [-0.25, -0.2) is 5.84 Å². The van der Waals surface area contributed by atoms with Gasteiger partial charge in [-0.1, -0.05) is 0 Å². The fourth-order valence-electron chi connectivity index (χ4n) is 0.224. The Morgan fingerprint density at radius 1 is 1.88 bits per heavy atom. The maximum atomic E-state index is 10.2. The number of nitrogens with zero attached hydrogens (tertiary/aromatic N) is 1. The number of likely N-dealkylation sites (N-methyl/N-ethyl adjacent to an activating group) is 1. The first-order valence-corrected chi connectivity index (χ1v) is 2.23. The molecule has 0 unspecified atom stereocenters. The number of rotatable bonds is 2. The van der Waals surface area contributed by atoms with Gasteiger partial charge in [-0.05, 0) is 6.92 Å². The number of hydrogen-bond acceptors (Lipinski definition) is 3. The van der Waals surface area contributed by atoms with Gasteiger partial charge in [0.2, 0.25) is 6.29 Å². The second-order valence-electron chi connectivity index (χ2n) is 1.24. The summed E-state index contributed by atoms with van der Waals surface area (Å²) in [6.45, 7) is 2.04. The Labute approximate surface area is 47.2 Å². The van der Waals surface area contributed by atoms with Crippen LogP contribution in [0.2, 0.25) is 0 Å². The number of aldehydes is 1. The molecule has 46 valence electrons. The summed E-state index contributed by atoms with van der Waals surface area (Å²) >= 11 is 0. The lowest BCUT2D eigenvalue weighted by Crippen LogP contribution is -2.37. The molecular weight excluding hydrogens is 108 g/mol. The predicted molar refractivity (Wildman–Crippen MR) is 27.6 cm³/mol. The van der Waals surface area contributed by atoms with E-state index in [9.17, 15) is 9.59 Å². The molecule has 0 saturated carbocycles. The van der Waals surface area contributed by atoms with Gasteiger partial charge in [-0.2, -0.15) is 0 Å². The Morgan fingerprint density at radius 3 is 2.50 bits per heavy atom. The minimum atomic E-state index is -0.687. The highest BCUT2D eigenvalue weighted by atomic mass is 16.2. The molecule has 0 radical (unpaired) electrons. The minimum absolute atomic E-state index is 0.184. The Balaban J connectivity index is 3.62. The molecular formula is C4H8N2O2. The van der Waals surface area contributed by atoms with Crippen LogP contribution in [0, 0.1) is 0 Å². The highest BCUT2D eigenvalue weighted by molar-refractivity contribution is 6.23. The van der Waals surface area contributed by atoms with Gasteiger partial charge in [0.1, 0.15) is 0 Å². The van der Waals surface area contributed by atoms with Gasteiger partial charge in [0.05, 0.1) is 0 Å². The molecule has 0 spiro atoms. The van der Waals surface area contributed by atoms with Crippen LogP contribution in [0.1, 0.15) is 6.92 Å². The molecule has 1 amide bonds. The van der Waals surface area contributed by atoms with Crippen LogP contribution in [-0.4, -0.2) is 23.7 Å². The van der Waals surface area contributed by atoms with Crippen molar-refractivity contribution >= 4 is 12.2 Å². The molecule has 4 heteroatoms. The molecule has 0 saturated heterocycles. The van der Waals surface area contributed by atoms with E-state index in [0.717, 1.165) is 5.01 Å². The van der Waals surface area contributed by atoms with E-state index in [0.29, 0.717) is 6.54 Å².